The predicted octanol–water partition coefficient (Wildman–Crippen LogP) is 4.25. The van der Waals surface area contributed by atoms with Crippen molar-refractivity contribution in [1.29, 1.82) is 0 Å². The fourth-order valence-electron chi connectivity index (χ4n) is 3.54. The van der Waals surface area contributed by atoms with Gasteiger partial charge < -0.3 is 28.8 Å². The smallest absolute Gasteiger partial charge is 0.291 e. The highest BCUT2D eigenvalue weighted by Gasteiger charge is 2.24. The number of carbonyl (C=O) groups excluding carboxylic acids is 2. The van der Waals surface area contributed by atoms with Crippen molar-refractivity contribution < 1.29 is 28.2 Å². The van der Waals surface area contributed by atoms with Gasteiger partial charge in [-0.3, -0.25) is 9.59 Å². The number of hydrogen-bond acceptors (Lipinski definition) is 6. The summed E-state index contributed by atoms with van der Waals surface area (Å²) in [5, 5.41) is 2.79. The van der Waals surface area contributed by atoms with Gasteiger partial charge in [0.05, 0.1) is 19.9 Å². The molecule has 32 heavy (non-hydrogen) atoms. The molecular formula is C24H24N2O6. The molecule has 2 amide bonds. The van der Waals surface area contributed by atoms with Gasteiger partial charge in [-0.25, -0.2) is 0 Å². The van der Waals surface area contributed by atoms with Crippen LogP contribution < -0.4 is 24.4 Å². The van der Waals surface area contributed by atoms with E-state index in [1.165, 1.54) is 7.11 Å². The predicted molar refractivity (Wildman–Crippen MR) is 119 cm³/mol. The molecule has 0 radical (unpaired) electrons. The van der Waals surface area contributed by atoms with Crippen LogP contribution in [0, 0.1) is 0 Å². The minimum absolute atomic E-state index is 0.0681. The summed E-state index contributed by atoms with van der Waals surface area (Å²) in [5.74, 6) is 2.04. The standard InChI is InChI=1S/C24H24N2O6/c1-29-19-6-3-4-7-20(19)31-15-17-10-12-21(32-17)24(28)25-16-9-11-18(22(14-16)30-2)26-13-5-8-23(26)27/h3-4,6-7,9-12,14H,5,8,13,15H2,1-2H3,(H,25,28). The lowest BCUT2D eigenvalue weighted by molar-refractivity contribution is -0.117. The van der Waals surface area contributed by atoms with E-state index < -0.39 is 5.91 Å². The van der Waals surface area contributed by atoms with Crippen LogP contribution in [0.5, 0.6) is 17.2 Å². The third kappa shape index (κ3) is 4.54. The number of hydrogen-bond donors (Lipinski definition) is 1. The highest BCUT2D eigenvalue weighted by Crippen LogP contribution is 2.34. The molecule has 1 aliphatic rings. The van der Waals surface area contributed by atoms with Crippen LogP contribution in [0.4, 0.5) is 11.4 Å². The molecule has 0 bridgehead atoms. The first-order valence-corrected chi connectivity index (χ1v) is 10.2. The number of rotatable bonds is 8. The van der Waals surface area contributed by atoms with Crippen molar-refractivity contribution in [3.63, 3.8) is 0 Å². The van der Waals surface area contributed by atoms with Gasteiger partial charge in [0.2, 0.25) is 5.91 Å². The number of ether oxygens (including phenoxy) is 3. The van der Waals surface area contributed by atoms with Crippen LogP contribution in [0.1, 0.15) is 29.2 Å². The molecule has 1 aromatic heterocycles. The van der Waals surface area contributed by atoms with Gasteiger partial charge in [-0.2, -0.15) is 0 Å². The number of para-hydroxylation sites is 2. The van der Waals surface area contributed by atoms with Gasteiger partial charge >= 0.3 is 0 Å². The van der Waals surface area contributed by atoms with Gasteiger partial charge in [-0.05, 0) is 42.8 Å². The van der Waals surface area contributed by atoms with Crippen LogP contribution in [0.3, 0.4) is 0 Å². The van der Waals surface area contributed by atoms with Crippen LogP contribution in [0.25, 0.3) is 0 Å². The van der Waals surface area contributed by atoms with Gasteiger partial charge in [0.25, 0.3) is 5.91 Å². The molecule has 1 aliphatic heterocycles. The Labute approximate surface area is 185 Å². The molecule has 0 spiro atoms. The van der Waals surface area contributed by atoms with E-state index in [0.29, 0.717) is 47.3 Å². The van der Waals surface area contributed by atoms with Crippen LogP contribution in [-0.4, -0.2) is 32.6 Å². The molecule has 0 unspecified atom stereocenters. The molecule has 2 heterocycles. The lowest BCUT2D eigenvalue weighted by Crippen LogP contribution is -2.24. The number of amides is 2. The first-order chi connectivity index (χ1) is 15.6. The van der Waals surface area contributed by atoms with E-state index in [-0.39, 0.29) is 18.3 Å². The largest absolute Gasteiger partial charge is 0.494 e. The summed E-state index contributed by atoms with van der Waals surface area (Å²) in [6.45, 7) is 0.813. The minimum atomic E-state index is -0.402. The first kappa shape index (κ1) is 21.3. The molecule has 8 heteroatoms. The van der Waals surface area contributed by atoms with Crippen LogP contribution in [0.2, 0.25) is 0 Å². The van der Waals surface area contributed by atoms with E-state index in [2.05, 4.69) is 5.32 Å². The number of furan rings is 1. The third-order valence-electron chi connectivity index (χ3n) is 5.13. The number of benzene rings is 2. The normalized spacial score (nSPS) is 13.2. The van der Waals surface area contributed by atoms with Crippen molar-refractivity contribution in [3.05, 3.63) is 66.1 Å². The zero-order valence-electron chi connectivity index (χ0n) is 17.9. The summed E-state index contributed by atoms with van der Waals surface area (Å²) in [6, 6.07) is 15.8. The molecule has 3 aromatic rings. The van der Waals surface area contributed by atoms with Gasteiger partial charge in [-0.1, -0.05) is 12.1 Å². The highest BCUT2D eigenvalue weighted by atomic mass is 16.5. The van der Waals surface area contributed by atoms with Gasteiger partial charge in [-0.15, -0.1) is 0 Å². The third-order valence-corrected chi connectivity index (χ3v) is 5.13. The average molecular weight is 436 g/mol. The quantitative estimate of drug-likeness (QED) is 0.568. The fourth-order valence-corrected chi connectivity index (χ4v) is 3.54. The van der Waals surface area contributed by atoms with Crippen molar-refractivity contribution >= 4 is 23.2 Å². The topological polar surface area (TPSA) is 90.2 Å². The Morgan fingerprint density at radius 1 is 1.03 bits per heavy atom. The van der Waals surface area contributed by atoms with E-state index >= 15 is 0 Å². The molecule has 4 rings (SSSR count). The van der Waals surface area contributed by atoms with Gasteiger partial charge in [0.1, 0.15) is 18.1 Å². The van der Waals surface area contributed by atoms with Crippen LogP contribution >= 0.6 is 0 Å². The summed E-state index contributed by atoms with van der Waals surface area (Å²) in [5.41, 5.74) is 1.23. The van der Waals surface area contributed by atoms with E-state index in [9.17, 15) is 9.59 Å². The molecule has 166 valence electrons. The Balaban J connectivity index is 1.41. The van der Waals surface area contributed by atoms with E-state index in [1.54, 1.807) is 54.5 Å². The lowest BCUT2D eigenvalue weighted by atomic mass is 10.2. The number of carbonyl (C=O) groups is 2. The number of methoxy groups -OCH3 is 2. The van der Waals surface area contributed by atoms with Crippen molar-refractivity contribution in [1.82, 2.24) is 0 Å². The SMILES string of the molecule is COc1ccccc1OCc1ccc(C(=O)Nc2ccc(N3CCCC3=O)c(OC)c2)o1. The molecule has 1 fully saturated rings. The van der Waals surface area contributed by atoms with Gasteiger partial charge in [0, 0.05) is 24.7 Å². The minimum Gasteiger partial charge on any atom is -0.494 e. The summed E-state index contributed by atoms with van der Waals surface area (Å²) in [6.07, 6.45) is 1.35. The second-order valence-corrected chi connectivity index (χ2v) is 7.20. The highest BCUT2D eigenvalue weighted by molar-refractivity contribution is 6.03. The first-order valence-electron chi connectivity index (χ1n) is 10.2. The Morgan fingerprint density at radius 3 is 2.53 bits per heavy atom. The maximum atomic E-state index is 12.6. The second-order valence-electron chi connectivity index (χ2n) is 7.20. The summed E-state index contributed by atoms with van der Waals surface area (Å²) in [7, 11) is 3.10. The Hall–Kier alpha value is -3.94. The molecule has 1 saturated heterocycles. The van der Waals surface area contributed by atoms with E-state index in [4.69, 9.17) is 18.6 Å². The zero-order chi connectivity index (χ0) is 22.5. The molecule has 1 N–H and O–H groups in total. The monoisotopic (exact) mass is 436 g/mol. The Kier molecular flexibility index (Phi) is 6.30. The van der Waals surface area contributed by atoms with Crippen LogP contribution in [-0.2, 0) is 11.4 Å². The summed E-state index contributed by atoms with van der Waals surface area (Å²) >= 11 is 0. The Morgan fingerprint density at radius 2 is 1.81 bits per heavy atom. The van der Waals surface area contributed by atoms with Crippen LogP contribution in [0.15, 0.2) is 59.0 Å². The number of nitrogens with zero attached hydrogens (tertiary/aromatic N) is 1. The molecule has 2 aromatic carbocycles. The molecular weight excluding hydrogens is 412 g/mol. The van der Waals surface area contributed by atoms with Crippen molar-refractivity contribution in [2.75, 3.05) is 31.0 Å². The van der Waals surface area contributed by atoms with Crippen molar-refractivity contribution in [3.8, 4) is 17.2 Å². The molecule has 8 nitrogen and oxygen atoms in total. The molecule has 0 aliphatic carbocycles. The van der Waals surface area contributed by atoms with Crippen molar-refractivity contribution in [2.24, 2.45) is 0 Å². The van der Waals surface area contributed by atoms with E-state index in [1.807, 2.05) is 12.1 Å². The number of anilines is 2. The average Bonchev–Trinajstić information content (AvgIpc) is 3.47. The van der Waals surface area contributed by atoms with E-state index in [0.717, 1.165) is 6.42 Å². The maximum absolute atomic E-state index is 12.6. The molecule has 0 saturated carbocycles. The fraction of sp³-hybridized carbons (Fsp3) is 0.250. The Bertz CT molecular complexity index is 1120. The van der Waals surface area contributed by atoms with Crippen molar-refractivity contribution in [2.45, 2.75) is 19.4 Å². The lowest BCUT2D eigenvalue weighted by Gasteiger charge is -2.19. The zero-order valence-corrected chi connectivity index (χ0v) is 17.9. The van der Waals surface area contributed by atoms with Gasteiger partial charge in [0.15, 0.2) is 17.3 Å². The maximum Gasteiger partial charge on any atom is 0.291 e. The second kappa shape index (κ2) is 9.47. The molecule has 0 atom stereocenters. The number of nitrogens with one attached hydrogen (secondary N) is 1. The summed E-state index contributed by atoms with van der Waals surface area (Å²) < 4.78 is 22.0. The summed E-state index contributed by atoms with van der Waals surface area (Å²) in [4.78, 5) is 26.4.